The number of aryl methyl sites for hydroxylation is 1. The van der Waals surface area contributed by atoms with E-state index in [1.807, 2.05) is 0 Å². The van der Waals surface area contributed by atoms with Gasteiger partial charge in [0.15, 0.2) is 5.17 Å². The largest absolute Gasteiger partial charge is 0.356 e. The molecule has 0 aliphatic carbocycles. The van der Waals surface area contributed by atoms with Gasteiger partial charge < -0.3 is 5.32 Å². The van der Waals surface area contributed by atoms with Gasteiger partial charge in [-0.3, -0.25) is 4.99 Å². The zero-order chi connectivity index (χ0) is 17.8. The van der Waals surface area contributed by atoms with E-state index in [4.69, 9.17) is 4.99 Å². The fourth-order valence-electron chi connectivity index (χ4n) is 3.21. The van der Waals surface area contributed by atoms with E-state index in [9.17, 15) is 0 Å². The van der Waals surface area contributed by atoms with Crippen LogP contribution in [0.1, 0.15) is 34.3 Å². The van der Waals surface area contributed by atoms with Crippen LogP contribution in [0.3, 0.4) is 0 Å². The maximum Gasteiger partial charge on any atom is 0.158 e. The van der Waals surface area contributed by atoms with Crippen molar-refractivity contribution in [1.82, 2.24) is 5.32 Å². The minimum atomic E-state index is 0.110. The van der Waals surface area contributed by atoms with Crippen LogP contribution in [0.2, 0.25) is 0 Å². The normalized spacial score (nSPS) is 19.0. The molecular weight excluding hydrogens is 336 g/mol. The van der Waals surface area contributed by atoms with Gasteiger partial charge in [0.1, 0.15) is 6.04 Å². The summed E-state index contributed by atoms with van der Waals surface area (Å²) in [6.07, 6.45) is 0. The Hall–Kier alpha value is -2.52. The average molecular weight is 359 g/mol. The number of benzene rings is 3. The summed E-state index contributed by atoms with van der Waals surface area (Å²) in [5.41, 5.74) is 5.14. The molecule has 130 valence electrons. The van der Waals surface area contributed by atoms with Crippen molar-refractivity contribution in [2.45, 2.75) is 24.8 Å². The van der Waals surface area contributed by atoms with E-state index in [1.165, 1.54) is 22.3 Å². The summed E-state index contributed by atoms with van der Waals surface area (Å²) < 4.78 is 0. The first kappa shape index (κ1) is 16.9. The summed E-state index contributed by atoms with van der Waals surface area (Å²) in [6.45, 7) is 2.12. The Morgan fingerprint density at radius 1 is 0.808 bits per heavy atom. The first-order valence-corrected chi connectivity index (χ1v) is 9.91. The number of nitrogens with zero attached hydrogens (tertiary/aromatic N) is 1. The van der Waals surface area contributed by atoms with Crippen LogP contribution in [0, 0.1) is 6.92 Å². The third-order valence-electron chi connectivity index (χ3n) is 4.65. The summed E-state index contributed by atoms with van der Waals surface area (Å²) in [4.78, 5) is 5.02. The van der Waals surface area contributed by atoms with Crippen LogP contribution in [0.5, 0.6) is 0 Å². The van der Waals surface area contributed by atoms with Gasteiger partial charge in [-0.15, -0.1) is 0 Å². The van der Waals surface area contributed by atoms with Crippen LogP contribution in [-0.2, 0) is 5.75 Å². The molecule has 0 bridgehead atoms. The fraction of sp³-hybridized carbons (Fsp3) is 0.174. The molecule has 0 saturated heterocycles. The van der Waals surface area contributed by atoms with Gasteiger partial charge in [0, 0.05) is 5.75 Å². The second kappa shape index (κ2) is 7.79. The van der Waals surface area contributed by atoms with Gasteiger partial charge in [-0.1, -0.05) is 102 Å². The summed E-state index contributed by atoms with van der Waals surface area (Å²) in [6, 6.07) is 30.2. The van der Waals surface area contributed by atoms with Crippen LogP contribution in [0.4, 0.5) is 0 Å². The van der Waals surface area contributed by atoms with Crippen LogP contribution in [0.15, 0.2) is 89.9 Å². The maximum atomic E-state index is 5.02. The molecule has 2 nitrogen and oxygen atoms in total. The predicted octanol–water partition coefficient (Wildman–Crippen LogP) is 5.67. The van der Waals surface area contributed by atoms with Crippen molar-refractivity contribution in [2.75, 3.05) is 0 Å². The second-order valence-electron chi connectivity index (χ2n) is 6.60. The number of rotatable bonds is 4. The van der Waals surface area contributed by atoms with E-state index in [2.05, 4.69) is 97.2 Å². The molecule has 1 heterocycles. The molecule has 0 unspecified atom stereocenters. The topological polar surface area (TPSA) is 24.4 Å². The summed E-state index contributed by atoms with van der Waals surface area (Å²) >= 11 is 1.78. The van der Waals surface area contributed by atoms with Gasteiger partial charge in [-0.25, -0.2) is 0 Å². The molecule has 3 aromatic rings. The van der Waals surface area contributed by atoms with Crippen LogP contribution >= 0.6 is 11.8 Å². The Balaban J connectivity index is 1.55. The first-order valence-electron chi connectivity index (χ1n) is 8.92. The maximum absolute atomic E-state index is 5.02. The lowest BCUT2D eigenvalue weighted by molar-refractivity contribution is 0.573. The summed E-state index contributed by atoms with van der Waals surface area (Å²) in [5.74, 6) is 0.926. The quantitative estimate of drug-likeness (QED) is 0.650. The second-order valence-corrected chi connectivity index (χ2v) is 7.56. The van der Waals surface area contributed by atoms with E-state index < -0.39 is 0 Å². The lowest BCUT2D eigenvalue weighted by Crippen LogP contribution is -2.22. The van der Waals surface area contributed by atoms with Gasteiger partial charge in [-0.05, 0) is 23.6 Å². The van der Waals surface area contributed by atoms with E-state index >= 15 is 0 Å². The molecule has 0 saturated carbocycles. The molecule has 0 aromatic heterocycles. The zero-order valence-electron chi connectivity index (χ0n) is 14.8. The summed E-state index contributed by atoms with van der Waals surface area (Å²) in [7, 11) is 0. The van der Waals surface area contributed by atoms with E-state index in [-0.39, 0.29) is 12.1 Å². The fourth-order valence-corrected chi connectivity index (χ4v) is 4.10. The predicted molar refractivity (Wildman–Crippen MR) is 111 cm³/mol. The number of amidine groups is 1. The van der Waals surface area contributed by atoms with Crippen molar-refractivity contribution in [2.24, 2.45) is 4.99 Å². The molecule has 26 heavy (non-hydrogen) atoms. The van der Waals surface area contributed by atoms with Crippen molar-refractivity contribution in [1.29, 1.82) is 0 Å². The van der Waals surface area contributed by atoms with Crippen molar-refractivity contribution in [3.8, 4) is 0 Å². The molecule has 3 heteroatoms. The molecule has 1 N–H and O–H groups in total. The van der Waals surface area contributed by atoms with Crippen molar-refractivity contribution < 1.29 is 0 Å². The molecule has 1 aliphatic heterocycles. The Morgan fingerprint density at radius 2 is 1.42 bits per heavy atom. The number of thioether (sulfide) groups is 1. The zero-order valence-corrected chi connectivity index (χ0v) is 15.6. The van der Waals surface area contributed by atoms with Crippen LogP contribution in [0.25, 0.3) is 0 Å². The Morgan fingerprint density at radius 3 is 2.08 bits per heavy atom. The Labute approximate surface area is 159 Å². The molecule has 1 aliphatic rings. The highest BCUT2D eigenvalue weighted by atomic mass is 32.2. The molecule has 0 amide bonds. The van der Waals surface area contributed by atoms with Gasteiger partial charge >= 0.3 is 0 Å². The van der Waals surface area contributed by atoms with E-state index in [1.54, 1.807) is 11.8 Å². The average Bonchev–Trinajstić information content (AvgIpc) is 3.13. The third kappa shape index (κ3) is 3.83. The summed E-state index contributed by atoms with van der Waals surface area (Å²) in [5, 5.41) is 4.67. The molecule has 0 spiro atoms. The third-order valence-corrected chi connectivity index (χ3v) is 5.62. The SMILES string of the molecule is Cc1ccc(CSC2=N[C@@H](c3ccccc3)[C@@H](c3ccccc3)N2)cc1. The van der Waals surface area contributed by atoms with Gasteiger partial charge in [0.05, 0.1) is 6.04 Å². The van der Waals surface area contributed by atoms with Gasteiger partial charge in [0.2, 0.25) is 0 Å². The highest BCUT2D eigenvalue weighted by Gasteiger charge is 2.31. The molecule has 2 atom stereocenters. The van der Waals surface area contributed by atoms with Crippen LogP contribution < -0.4 is 5.32 Å². The number of hydrogen-bond donors (Lipinski definition) is 1. The smallest absolute Gasteiger partial charge is 0.158 e. The number of aliphatic imine (C=N–C) groups is 1. The minimum absolute atomic E-state index is 0.110. The Bertz CT molecular complexity index is 873. The first-order chi connectivity index (χ1) is 12.8. The van der Waals surface area contributed by atoms with Gasteiger partial charge in [0.25, 0.3) is 0 Å². The minimum Gasteiger partial charge on any atom is -0.356 e. The van der Waals surface area contributed by atoms with E-state index in [0.717, 1.165) is 10.9 Å². The van der Waals surface area contributed by atoms with E-state index in [0.29, 0.717) is 0 Å². The lowest BCUT2D eigenvalue weighted by Gasteiger charge is -2.19. The molecule has 0 radical (unpaired) electrons. The highest BCUT2D eigenvalue weighted by molar-refractivity contribution is 8.13. The number of nitrogens with one attached hydrogen (secondary N) is 1. The van der Waals surface area contributed by atoms with Crippen molar-refractivity contribution >= 4 is 16.9 Å². The molecular formula is C23H22N2S. The highest BCUT2D eigenvalue weighted by Crippen LogP contribution is 2.38. The standard InChI is InChI=1S/C23H22N2S/c1-17-12-14-18(15-13-17)16-26-23-24-21(19-8-4-2-5-9-19)22(25-23)20-10-6-3-7-11-20/h2-15,21-22H,16H2,1H3,(H,24,25)/t21-,22+. The van der Waals surface area contributed by atoms with Crippen molar-refractivity contribution in [3.05, 3.63) is 107 Å². The monoisotopic (exact) mass is 358 g/mol. The van der Waals surface area contributed by atoms with Gasteiger partial charge in [-0.2, -0.15) is 0 Å². The van der Waals surface area contributed by atoms with Crippen LogP contribution in [-0.4, -0.2) is 5.17 Å². The van der Waals surface area contributed by atoms with Crippen molar-refractivity contribution in [3.63, 3.8) is 0 Å². The lowest BCUT2D eigenvalue weighted by atomic mass is 9.95. The Kier molecular flexibility index (Phi) is 5.07. The molecule has 3 aromatic carbocycles. The number of hydrogen-bond acceptors (Lipinski definition) is 3. The molecule has 0 fully saturated rings. The molecule has 4 rings (SSSR count).